The molecule has 2 aliphatic rings. The van der Waals surface area contributed by atoms with E-state index in [9.17, 15) is 28.0 Å². The van der Waals surface area contributed by atoms with Crippen LogP contribution < -0.4 is 27.1 Å². The topological polar surface area (TPSA) is 263 Å². The van der Waals surface area contributed by atoms with E-state index in [0.717, 1.165) is 108 Å². The Labute approximate surface area is 492 Å². The van der Waals surface area contributed by atoms with Crippen LogP contribution in [0, 0.1) is 53.2 Å². The molecule has 2 fully saturated rings. The van der Waals surface area contributed by atoms with E-state index in [1.165, 1.54) is 47.8 Å². The van der Waals surface area contributed by atoms with Crippen molar-refractivity contribution in [2.24, 2.45) is 0 Å². The maximum atomic E-state index is 13.3. The highest BCUT2D eigenvalue weighted by atomic mass is 19.1. The number of halogens is 2. The number of anilines is 2. The number of likely N-dealkylation sites (N-methyl/N-ethyl adjacent to an activating group) is 2. The summed E-state index contributed by atoms with van der Waals surface area (Å²) in [7, 11) is 4.28. The number of ketones is 1. The van der Waals surface area contributed by atoms with Gasteiger partial charge in [-0.05, 0) is 117 Å². The third-order valence-corrected chi connectivity index (χ3v) is 13.9. The average molecular weight is 1170 g/mol. The highest BCUT2D eigenvalue weighted by Gasteiger charge is 2.19. The number of fused-ring (bicyclic) bond motifs is 5. The van der Waals surface area contributed by atoms with E-state index in [4.69, 9.17) is 15.5 Å². The molecular formula is C60H67F2N19O5. The van der Waals surface area contributed by atoms with Crippen LogP contribution in [0.5, 0.6) is 0 Å². The van der Waals surface area contributed by atoms with Crippen LogP contribution >= 0.6 is 0 Å². The Morgan fingerprint density at radius 3 is 1.55 bits per heavy atom. The predicted molar refractivity (Wildman–Crippen MR) is 323 cm³/mol. The van der Waals surface area contributed by atoms with E-state index in [0.29, 0.717) is 39.9 Å². The molecule has 24 nitrogen and oxygen atoms in total. The zero-order valence-electron chi connectivity index (χ0n) is 49.4. The smallest absolute Gasteiger partial charge is 0.313 e. The van der Waals surface area contributed by atoms with Crippen LogP contribution in [0.1, 0.15) is 58.0 Å². The lowest BCUT2D eigenvalue weighted by atomic mass is 10.2. The molecule has 0 aromatic carbocycles. The first-order valence-electron chi connectivity index (χ1n) is 27.8. The summed E-state index contributed by atoms with van der Waals surface area (Å²) in [6.07, 6.45) is 9.23. The van der Waals surface area contributed by atoms with Crippen molar-refractivity contribution >= 4 is 51.1 Å². The minimum atomic E-state index is -0.532. The average Bonchev–Trinajstić information content (AvgIpc) is 3.15. The number of esters is 1. The summed E-state index contributed by atoms with van der Waals surface area (Å²) in [4.78, 5) is 80.9. The highest BCUT2D eigenvalue weighted by Crippen LogP contribution is 2.23. The van der Waals surface area contributed by atoms with E-state index < -0.39 is 11.8 Å². The maximum absolute atomic E-state index is 13.3. The van der Waals surface area contributed by atoms with Gasteiger partial charge < -0.3 is 30.5 Å². The van der Waals surface area contributed by atoms with Crippen LogP contribution in [0.3, 0.4) is 0 Å². The number of ether oxygens (including phenoxy) is 1. The summed E-state index contributed by atoms with van der Waals surface area (Å²) in [5, 5.41) is 16.5. The quantitative estimate of drug-likeness (QED) is 0.109. The van der Waals surface area contributed by atoms with Gasteiger partial charge in [0, 0.05) is 76.9 Å². The fourth-order valence-electron chi connectivity index (χ4n) is 9.54. The van der Waals surface area contributed by atoms with E-state index in [1.807, 2.05) is 84.4 Å². The first-order chi connectivity index (χ1) is 41.2. The first-order valence-corrected chi connectivity index (χ1v) is 27.8. The third-order valence-electron chi connectivity index (χ3n) is 13.9. The van der Waals surface area contributed by atoms with Gasteiger partial charge in [0.15, 0.2) is 5.78 Å². The van der Waals surface area contributed by atoms with Crippen LogP contribution in [-0.2, 0) is 9.53 Å². The molecule has 0 aliphatic carbocycles. The standard InChI is InChI=1S/C21H23N7O.C16H12FN5O.C13H15N3O3.C5H5FN2.C5H12N2/c1-14-12-28-19(15(2)22-14)10-18(24-28)17-11-21(29)27-13-16(4-5-20(27)23-17)26-8-6-25(3)7-9-26;1-9-7-22-14(10(2)18-9)5-13(20-22)12-6-16(23)21-8-11(17)3-4-15(21)19-12;1-4-19-13(18)6-12(17)10-5-11-9(3)14-8(2)7-16(11)15-10;6-4-1-2-5(7)8-3-4;1-7-4-2-6-3-5-7/h4-5,10-13H,6-9H2,1-3H3;3-8H,1-2H3;5,7H,4,6H2,1-3H3;1-3H,(H2,7,8);6H,2-5H2,1H3. The van der Waals surface area contributed by atoms with Gasteiger partial charge in [0.25, 0.3) is 11.1 Å². The SMILES string of the molecule is CCOC(=O)CC(=O)c1cc2c(C)nc(C)cn2n1.CN1CCNCC1.Cc1cn2nc(-c3cc(=O)n4cc(F)ccc4n3)cc2c(C)n1.Cc1cn2nc(-c3cc(=O)n4cc(N5CCN(C)CC5)ccc4n3)cc2c(C)n1.Nc1ccc(F)cn1. The Morgan fingerprint density at radius 1 is 0.570 bits per heavy atom. The molecule has 26 heteroatoms. The lowest BCUT2D eigenvalue weighted by molar-refractivity contribution is -0.141. The molecule has 0 saturated carbocycles. The molecule has 0 unspecified atom stereocenters. The van der Waals surface area contributed by atoms with Crippen molar-refractivity contribution < 1.29 is 23.1 Å². The number of rotatable bonds is 7. The summed E-state index contributed by atoms with van der Waals surface area (Å²) in [5.74, 6) is -1.39. The summed E-state index contributed by atoms with van der Waals surface area (Å²) < 4.78 is 37.9. The number of pyridine rings is 3. The van der Waals surface area contributed by atoms with Gasteiger partial charge in [0.1, 0.15) is 52.2 Å². The van der Waals surface area contributed by atoms with E-state index >= 15 is 0 Å². The summed E-state index contributed by atoms with van der Waals surface area (Å²) in [6.45, 7) is 22.0. The molecule has 86 heavy (non-hydrogen) atoms. The zero-order valence-corrected chi connectivity index (χ0v) is 49.4. The largest absolute Gasteiger partial charge is 0.466 e. The predicted octanol–water partition coefficient (Wildman–Crippen LogP) is 5.74. The molecule has 446 valence electrons. The number of piperazine rings is 2. The number of Topliss-reactive ketones (excluding diaryl/α,β-unsaturated/α-hetero) is 1. The minimum Gasteiger partial charge on any atom is -0.466 e. The van der Waals surface area contributed by atoms with Gasteiger partial charge in [-0.3, -0.25) is 42.9 Å². The number of hydrogen-bond donors (Lipinski definition) is 2. The van der Waals surface area contributed by atoms with Crippen LogP contribution in [0.4, 0.5) is 20.3 Å². The van der Waals surface area contributed by atoms with Gasteiger partial charge in [0.2, 0.25) is 0 Å². The van der Waals surface area contributed by atoms with Gasteiger partial charge in [0.05, 0.1) is 99.2 Å². The summed E-state index contributed by atoms with van der Waals surface area (Å²) in [6, 6.07) is 17.7. The lowest BCUT2D eigenvalue weighted by Crippen LogP contribution is -2.44. The van der Waals surface area contributed by atoms with E-state index in [-0.39, 0.29) is 41.4 Å². The number of hydrogen-bond acceptors (Lipinski definition) is 19. The number of nitrogens with two attached hydrogens (primary N) is 1. The molecule has 0 spiro atoms. The Kier molecular flexibility index (Phi) is 19.0. The van der Waals surface area contributed by atoms with Crippen LogP contribution in [-0.4, -0.2) is 162 Å². The lowest BCUT2D eigenvalue weighted by Gasteiger charge is -2.34. The van der Waals surface area contributed by atoms with Gasteiger partial charge in [-0.15, -0.1) is 0 Å². The van der Waals surface area contributed by atoms with Gasteiger partial charge in [-0.2, -0.15) is 15.3 Å². The second kappa shape index (κ2) is 26.8. The molecule has 0 amide bonds. The third kappa shape index (κ3) is 14.9. The van der Waals surface area contributed by atoms with Crippen molar-refractivity contribution in [1.82, 2.24) is 82.7 Å². The number of carbonyl (C=O) groups excluding carboxylic acids is 2. The first kappa shape index (κ1) is 60.8. The number of aromatic nitrogens is 14. The number of carbonyl (C=O) groups is 2. The van der Waals surface area contributed by atoms with Crippen molar-refractivity contribution in [2.45, 2.75) is 54.9 Å². The molecule has 11 aromatic rings. The molecule has 3 N–H and O–H groups in total. The van der Waals surface area contributed by atoms with Crippen molar-refractivity contribution in [3.8, 4) is 22.8 Å². The van der Waals surface area contributed by atoms with Crippen LogP contribution in [0.2, 0.25) is 0 Å². The van der Waals surface area contributed by atoms with Crippen LogP contribution in [0.15, 0.2) is 114 Å². The number of nitrogen functional groups attached to an aromatic ring is 1. The normalized spacial score (nSPS) is 13.5. The van der Waals surface area contributed by atoms with Gasteiger partial charge in [-0.1, -0.05) is 0 Å². The molecule has 0 atom stereocenters. The van der Waals surface area contributed by atoms with Gasteiger partial charge in [-0.25, -0.2) is 37.3 Å². The number of nitrogens with zero attached hydrogens (tertiary/aromatic N) is 17. The van der Waals surface area contributed by atoms with Crippen molar-refractivity contribution in [1.29, 1.82) is 0 Å². The van der Waals surface area contributed by atoms with Crippen molar-refractivity contribution in [3.63, 3.8) is 0 Å². The fraction of sp³-hybridized carbons (Fsp3) is 0.317. The molecular weight excluding hydrogens is 1100 g/mol. The second-order valence-corrected chi connectivity index (χ2v) is 20.8. The highest BCUT2D eigenvalue weighted by molar-refractivity contribution is 6.05. The van der Waals surface area contributed by atoms with E-state index in [2.05, 4.69) is 74.3 Å². The molecule has 2 saturated heterocycles. The zero-order chi connectivity index (χ0) is 61.3. The monoisotopic (exact) mass is 1170 g/mol. The maximum Gasteiger partial charge on any atom is 0.313 e. The fourth-order valence-corrected chi connectivity index (χ4v) is 9.54. The Morgan fingerprint density at radius 2 is 1.06 bits per heavy atom. The number of nitrogens with one attached hydrogen (secondary N) is 1. The van der Waals surface area contributed by atoms with Crippen molar-refractivity contribution in [2.75, 3.05) is 83.7 Å². The van der Waals surface area contributed by atoms with Gasteiger partial charge >= 0.3 is 5.97 Å². The molecule has 0 bridgehead atoms. The van der Waals surface area contributed by atoms with Crippen molar-refractivity contribution in [3.05, 3.63) is 176 Å². The molecule has 0 radical (unpaired) electrons. The van der Waals surface area contributed by atoms with E-state index in [1.54, 1.807) is 43.2 Å². The molecule has 2 aliphatic heterocycles. The Bertz CT molecular complexity index is 4350. The number of aryl methyl sites for hydroxylation is 6. The Hall–Kier alpha value is -9.79. The summed E-state index contributed by atoms with van der Waals surface area (Å²) in [5.41, 5.74) is 16.9. The Balaban J connectivity index is 0.000000139. The molecule has 11 aromatic heterocycles. The van der Waals surface area contributed by atoms with Crippen LogP contribution in [0.25, 0.3) is 50.6 Å². The second-order valence-electron chi connectivity index (χ2n) is 20.8. The summed E-state index contributed by atoms with van der Waals surface area (Å²) >= 11 is 0. The minimum absolute atomic E-state index is 0.107. The molecule has 13 rings (SSSR count). The molecule has 13 heterocycles.